The van der Waals surface area contributed by atoms with Crippen LogP contribution in [0.25, 0.3) is 0 Å². The largest absolute Gasteiger partial charge is 0.456 e. The highest BCUT2D eigenvalue weighted by Gasteiger charge is 2.19. The molecule has 0 unspecified atom stereocenters. The van der Waals surface area contributed by atoms with Gasteiger partial charge in [0.2, 0.25) is 0 Å². The fraction of sp³-hybridized carbons (Fsp3) is 0.200. The molecule has 0 aliphatic rings. The van der Waals surface area contributed by atoms with Crippen LogP contribution in [0.2, 0.25) is 0 Å². The maximum absolute atomic E-state index is 12.0. The molecule has 0 aliphatic heterocycles. The van der Waals surface area contributed by atoms with Crippen molar-refractivity contribution in [3.63, 3.8) is 0 Å². The number of aromatic nitrogens is 2. The van der Waals surface area contributed by atoms with Crippen molar-refractivity contribution in [1.29, 1.82) is 0 Å². The Morgan fingerprint density at radius 3 is 2.28 bits per heavy atom. The monoisotopic (exact) mass is 386 g/mol. The standard InChI is InChI=1S/C25H26N2O2/c1-4-11-24-26-22(16-20-12-7-5-8-13-20)23(18-29-25(28)19(2)3)27(24)17-21-14-9-6-10-15-21/h4-10,12-15H,1-2,11,16-18H2,3H3. The molecule has 0 amide bonds. The summed E-state index contributed by atoms with van der Waals surface area (Å²) < 4.78 is 7.65. The van der Waals surface area contributed by atoms with Gasteiger partial charge >= 0.3 is 5.97 Å². The number of esters is 1. The van der Waals surface area contributed by atoms with E-state index in [0.29, 0.717) is 25.0 Å². The van der Waals surface area contributed by atoms with Crippen molar-refractivity contribution in [3.05, 3.63) is 114 Å². The molecule has 0 aliphatic carbocycles. The number of hydrogen-bond donors (Lipinski definition) is 0. The molecule has 2 aromatic carbocycles. The molecule has 3 aromatic rings. The first-order chi connectivity index (χ1) is 14.1. The normalized spacial score (nSPS) is 10.5. The lowest BCUT2D eigenvalue weighted by Gasteiger charge is -2.13. The first-order valence-corrected chi connectivity index (χ1v) is 9.67. The van der Waals surface area contributed by atoms with Gasteiger partial charge in [0.05, 0.1) is 11.4 Å². The van der Waals surface area contributed by atoms with Crippen LogP contribution in [0, 0.1) is 0 Å². The Morgan fingerprint density at radius 1 is 1.07 bits per heavy atom. The maximum atomic E-state index is 12.0. The predicted octanol–water partition coefficient (Wildman–Crippen LogP) is 4.87. The van der Waals surface area contributed by atoms with Gasteiger partial charge < -0.3 is 9.30 Å². The summed E-state index contributed by atoms with van der Waals surface area (Å²) in [4.78, 5) is 16.9. The number of hydrogen-bond acceptors (Lipinski definition) is 3. The summed E-state index contributed by atoms with van der Waals surface area (Å²) in [5.41, 5.74) is 4.53. The van der Waals surface area contributed by atoms with E-state index in [9.17, 15) is 4.79 Å². The van der Waals surface area contributed by atoms with Crippen LogP contribution in [0.4, 0.5) is 0 Å². The quantitative estimate of drug-likeness (QED) is 0.299. The van der Waals surface area contributed by atoms with Gasteiger partial charge in [-0.25, -0.2) is 9.78 Å². The zero-order valence-electron chi connectivity index (χ0n) is 16.8. The van der Waals surface area contributed by atoms with Crippen LogP contribution < -0.4 is 0 Å². The number of nitrogens with zero attached hydrogens (tertiary/aromatic N) is 2. The summed E-state index contributed by atoms with van der Waals surface area (Å²) in [5, 5.41) is 0. The lowest BCUT2D eigenvalue weighted by Crippen LogP contribution is -2.13. The van der Waals surface area contributed by atoms with Gasteiger partial charge in [0, 0.05) is 25.0 Å². The summed E-state index contributed by atoms with van der Waals surface area (Å²) in [7, 11) is 0. The van der Waals surface area contributed by atoms with Gasteiger partial charge in [-0.15, -0.1) is 6.58 Å². The average Bonchev–Trinajstić information content (AvgIpc) is 3.03. The zero-order chi connectivity index (χ0) is 20.6. The van der Waals surface area contributed by atoms with E-state index in [4.69, 9.17) is 9.72 Å². The lowest BCUT2D eigenvalue weighted by atomic mass is 10.1. The number of carbonyl (C=O) groups is 1. The highest BCUT2D eigenvalue weighted by molar-refractivity contribution is 5.86. The number of imidazole rings is 1. The van der Waals surface area contributed by atoms with E-state index in [1.165, 1.54) is 0 Å². The number of allylic oxidation sites excluding steroid dienone is 1. The summed E-state index contributed by atoms with van der Waals surface area (Å²) in [6.45, 7) is 10.0. The van der Waals surface area contributed by atoms with Crippen molar-refractivity contribution in [1.82, 2.24) is 9.55 Å². The molecular weight excluding hydrogens is 360 g/mol. The molecule has 0 N–H and O–H groups in total. The van der Waals surface area contributed by atoms with E-state index in [0.717, 1.165) is 28.3 Å². The van der Waals surface area contributed by atoms with Crippen LogP contribution in [0.1, 0.15) is 35.3 Å². The molecule has 0 atom stereocenters. The Balaban J connectivity index is 2.00. The topological polar surface area (TPSA) is 44.1 Å². The Hall–Kier alpha value is -3.40. The van der Waals surface area contributed by atoms with E-state index in [1.54, 1.807) is 6.92 Å². The maximum Gasteiger partial charge on any atom is 0.333 e. The van der Waals surface area contributed by atoms with Crippen molar-refractivity contribution >= 4 is 5.97 Å². The molecule has 0 bridgehead atoms. The fourth-order valence-corrected chi connectivity index (χ4v) is 3.18. The second kappa shape index (κ2) is 9.69. The number of ether oxygens (including phenoxy) is 1. The number of benzene rings is 2. The second-order valence-electron chi connectivity index (χ2n) is 7.00. The molecule has 4 heteroatoms. The van der Waals surface area contributed by atoms with Crippen molar-refractivity contribution in [2.45, 2.75) is 32.9 Å². The molecule has 148 valence electrons. The molecule has 0 saturated carbocycles. The van der Waals surface area contributed by atoms with Crippen LogP contribution in [0.5, 0.6) is 0 Å². The molecule has 1 heterocycles. The lowest BCUT2D eigenvalue weighted by molar-refractivity contribution is -0.140. The molecule has 3 rings (SSSR count). The van der Waals surface area contributed by atoms with Gasteiger partial charge in [0.25, 0.3) is 0 Å². The second-order valence-corrected chi connectivity index (χ2v) is 7.00. The van der Waals surface area contributed by atoms with Crippen LogP contribution >= 0.6 is 0 Å². The third-order valence-electron chi connectivity index (χ3n) is 4.65. The van der Waals surface area contributed by atoms with Crippen LogP contribution in [-0.4, -0.2) is 15.5 Å². The Labute approximate surface area is 172 Å². The summed E-state index contributed by atoms with van der Waals surface area (Å²) in [5.74, 6) is 0.518. The van der Waals surface area contributed by atoms with Gasteiger partial charge in [-0.2, -0.15) is 0 Å². The molecule has 0 radical (unpaired) electrons. The van der Waals surface area contributed by atoms with E-state index >= 15 is 0 Å². The smallest absolute Gasteiger partial charge is 0.333 e. The summed E-state index contributed by atoms with van der Waals surface area (Å²) in [6.07, 6.45) is 3.16. The van der Waals surface area contributed by atoms with Crippen molar-refractivity contribution in [2.75, 3.05) is 0 Å². The zero-order valence-corrected chi connectivity index (χ0v) is 16.8. The van der Waals surface area contributed by atoms with Crippen LogP contribution in [0.3, 0.4) is 0 Å². The summed E-state index contributed by atoms with van der Waals surface area (Å²) in [6, 6.07) is 20.4. The van der Waals surface area contributed by atoms with E-state index in [2.05, 4.69) is 42.0 Å². The fourth-order valence-electron chi connectivity index (χ4n) is 3.18. The predicted molar refractivity (Wildman–Crippen MR) is 116 cm³/mol. The highest BCUT2D eigenvalue weighted by Crippen LogP contribution is 2.20. The highest BCUT2D eigenvalue weighted by atomic mass is 16.5. The third-order valence-corrected chi connectivity index (χ3v) is 4.65. The molecular formula is C25H26N2O2. The molecule has 0 saturated heterocycles. The van der Waals surface area contributed by atoms with Crippen molar-refractivity contribution < 1.29 is 9.53 Å². The van der Waals surface area contributed by atoms with Crippen LogP contribution in [0.15, 0.2) is 85.5 Å². The molecule has 4 nitrogen and oxygen atoms in total. The van der Waals surface area contributed by atoms with Gasteiger partial charge in [0.1, 0.15) is 12.4 Å². The van der Waals surface area contributed by atoms with E-state index in [1.807, 2.05) is 42.5 Å². The average molecular weight is 386 g/mol. The number of carbonyl (C=O) groups excluding carboxylic acids is 1. The van der Waals surface area contributed by atoms with Crippen molar-refractivity contribution in [3.8, 4) is 0 Å². The minimum absolute atomic E-state index is 0.158. The molecule has 1 aromatic heterocycles. The Kier molecular flexibility index (Phi) is 6.80. The van der Waals surface area contributed by atoms with Gasteiger partial charge in [-0.05, 0) is 18.1 Å². The van der Waals surface area contributed by atoms with Gasteiger partial charge in [-0.1, -0.05) is 73.3 Å². The molecule has 0 spiro atoms. The van der Waals surface area contributed by atoms with Crippen molar-refractivity contribution in [2.24, 2.45) is 0 Å². The van der Waals surface area contributed by atoms with E-state index < -0.39 is 5.97 Å². The Bertz CT molecular complexity index is 988. The number of rotatable bonds is 9. The van der Waals surface area contributed by atoms with Gasteiger partial charge in [-0.3, -0.25) is 0 Å². The minimum Gasteiger partial charge on any atom is -0.456 e. The van der Waals surface area contributed by atoms with E-state index in [-0.39, 0.29) is 6.61 Å². The molecule has 29 heavy (non-hydrogen) atoms. The molecule has 0 fully saturated rings. The third kappa shape index (κ3) is 5.32. The summed E-state index contributed by atoms with van der Waals surface area (Å²) >= 11 is 0. The Morgan fingerprint density at radius 2 is 1.69 bits per heavy atom. The van der Waals surface area contributed by atoms with Gasteiger partial charge in [0.15, 0.2) is 0 Å². The SMILES string of the molecule is C=CCc1nc(Cc2ccccc2)c(COC(=O)C(=C)C)n1Cc1ccccc1. The minimum atomic E-state index is -0.395. The first-order valence-electron chi connectivity index (χ1n) is 9.67. The first kappa shape index (κ1) is 20.3. The van der Waals surface area contributed by atoms with Crippen LogP contribution in [-0.2, 0) is 35.5 Å².